The maximum absolute atomic E-state index is 14.4. The molecular formula is C42H83NO11Si7. The van der Waals surface area contributed by atoms with Crippen LogP contribution in [0, 0.1) is 0 Å². The third kappa shape index (κ3) is 17.0. The van der Waals surface area contributed by atoms with Crippen LogP contribution in [0.15, 0.2) is 30.5 Å². The fourth-order valence-electron chi connectivity index (χ4n) is 7.86. The van der Waals surface area contributed by atoms with Gasteiger partial charge in [0, 0.05) is 17.1 Å². The van der Waals surface area contributed by atoms with Gasteiger partial charge >= 0.3 is 5.97 Å². The molecule has 4 rings (SSSR count). The Morgan fingerprint density at radius 3 is 1.36 bits per heavy atom. The van der Waals surface area contributed by atoms with Gasteiger partial charge in [-0.1, -0.05) is 18.2 Å². The number of carbonyl (C=O) groups is 1. The van der Waals surface area contributed by atoms with Crippen molar-refractivity contribution in [2.45, 2.75) is 205 Å². The zero-order valence-corrected chi connectivity index (χ0v) is 48.6. The van der Waals surface area contributed by atoms with Gasteiger partial charge in [-0.15, -0.1) is 0 Å². The number of nitrogens with one attached hydrogen (secondary N) is 1. The first-order chi connectivity index (χ1) is 27.5. The number of H-pyrrole nitrogens is 1. The van der Waals surface area contributed by atoms with Crippen LogP contribution in [-0.2, 0) is 56.4 Å². The number of hydrogen-bond donors (Lipinski definition) is 1. The van der Waals surface area contributed by atoms with E-state index in [2.05, 4.69) is 142 Å². The Bertz CT molecular complexity index is 1690. The number of esters is 1. The number of benzene rings is 1. The van der Waals surface area contributed by atoms with Crippen molar-refractivity contribution in [2.24, 2.45) is 0 Å². The lowest BCUT2D eigenvalue weighted by Crippen LogP contribution is -2.73. The molecule has 8 atom stereocenters. The van der Waals surface area contributed by atoms with Crippen LogP contribution >= 0.6 is 0 Å². The minimum absolute atomic E-state index is 0.0730. The van der Waals surface area contributed by atoms with E-state index in [0.717, 1.165) is 16.5 Å². The number of hydrogen-bond acceptors (Lipinski definition) is 11. The summed E-state index contributed by atoms with van der Waals surface area (Å²) in [7, 11) is -16.0. The molecular weight excluding hydrogens is 891 g/mol. The quantitative estimate of drug-likeness (QED) is 0.107. The molecule has 2 heterocycles. The van der Waals surface area contributed by atoms with E-state index in [1.165, 1.54) is 0 Å². The molecule has 1 saturated carbocycles. The molecule has 1 aromatic carbocycles. The van der Waals surface area contributed by atoms with Crippen LogP contribution in [0.1, 0.15) is 5.56 Å². The van der Waals surface area contributed by atoms with Crippen LogP contribution in [-0.4, -0.2) is 137 Å². The van der Waals surface area contributed by atoms with Gasteiger partial charge in [0.15, 0.2) is 70.6 Å². The van der Waals surface area contributed by atoms with Gasteiger partial charge in [-0.25, -0.2) is 0 Å². The summed E-state index contributed by atoms with van der Waals surface area (Å²) in [4.78, 5) is 17.7. The van der Waals surface area contributed by atoms with Crippen molar-refractivity contribution in [3.8, 4) is 0 Å². The number of ether oxygens (including phenoxy) is 3. The number of fused-ring (bicyclic) bond motifs is 1. The lowest BCUT2D eigenvalue weighted by atomic mass is 9.84. The Morgan fingerprint density at radius 1 is 0.525 bits per heavy atom. The molecule has 1 aliphatic heterocycles. The summed E-state index contributed by atoms with van der Waals surface area (Å²) in [5, 5.41) is 0.984. The predicted octanol–water partition coefficient (Wildman–Crippen LogP) is 9.92. The highest BCUT2D eigenvalue weighted by Crippen LogP contribution is 2.41. The summed E-state index contributed by atoms with van der Waals surface area (Å²) >= 11 is 0. The van der Waals surface area contributed by atoms with Gasteiger partial charge in [-0.2, -0.15) is 0 Å². The first kappa shape index (κ1) is 53.0. The highest BCUT2D eigenvalue weighted by molar-refractivity contribution is 6.72. The third-order valence-corrected chi connectivity index (χ3v) is 16.2. The van der Waals surface area contributed by atoms with Crippen molar-refractivity contribution in [2.75, 3.05) is 6.61 Å². The molecule has 12 nitrogen and oxygen atoms in total. The summed E-state index contributed by atoms with van der Waals surface area (Å²) in [6.45, 7) is 45.9. The van der Waals surface area contributed by atoms with Crippen LogP contribution in [0.4, 0.5) is 0 Å². The first-order valence-electron chi connectivity index (χ1n) is 22.2. The third-order valence-electron chi connectivity index (χ3n) is 9.34. The van der Waals surface area contributed by atoms with E-state index < -0.39 is 113 Å². The Kier molecular flexibility index (Phi) is 17.1. The Labute approximate surface area is 376 Å². The van der Waals surface area contributed by atoms with Gasteiger partial charge in [0.05, 0.1) is 19.1 Å². The molecule has 8 unspecified atom stereocenters. The van der Waals surface area contributed by atoms with E-state index in [4.69, 9.17) is 45.2 Å². The van der Waals surface area contributed by atoms with E-state index in [9.17, 15) is 4.79 Å². The first-order valence-corrected chi connectivity index (χ1v) is 46.1. The normalized spacial score (nSPS) is 28.9. The van der Waals surface area contributed by atoms with Crippen LogP contribution in [0.3, 0.4) is 0 Å². The summed E-state index contributed by atoms with van der Waals surface area (Å²) in [6.07, 6.45) is -4.79. The number of rotatable bonds is 19. The van der Waals surface area contributed by atoms with Crippen molar-refractivity contribution in [3.05, 3.63) is 36.0 Å². The zero-order valence-electron chi connectivity index (χ0n) is 41.6. The van der Waals surface area contributed by atoms with E-state index >= 15 is 0 Å². The fraction of sp³-hybridized carbons (Fsp3) is 0.786. The maximum atomic E-state index is 14.4. The van der Waals surface area contributed by atoms with Gasteiger partial charge in [-0.05, 0) is 149 Å². The molecule has 1 saturated heterocycles. The standard InChI is InChI=1S/C42H83NO11Si7/c1-55(2,3)48-32-28-45-42(41(54-61(19,20)21)34(32)49-56(4,5)6)47-36-39(52-59(13,14)15)37(50-57(7,8)9)35(38(51-58(10,11)12)40(36)53-60(16,17)18)46-33(44)26-29-27-43-31-25-23-22-24-30(29)31/h22-25,27,32,34-43H,26,28H2,1-21H3. The lowest BCUT2D eigenvalue weighted by Gasteiger charge is -2.55. The minimum Gasteiger partial charge on any atom is -0.456 e. The predicted molar refractivity (Wildman–Crippen MR) is 264 cm³/mol. The lowest BCUT2D eigenvalue weighted by molar-refractivity contribution is -0.310. The second-order valence-electron chi connectivity index (χ2n) is 23.7. The van der Waals surface area contributed by atoms with Crippen LogP contribution in [0.2, 0.25) is 137 Å². The molecule has 2 aliphatic rings. The molecule has 0 radical (unpaired) electrons. The van der Waals surface area contributed by atoms with Crippen LogP contribution < -0.4 is 0 Å². The molecule has 1 aromatic heterocycles. The fourth-order valence-corrected chi connectivity index (χ4v) is 15.5. The SMILES string of the molecule is C[Si](C)(C)OC1COC(OC2C(O[Si](C)(C)C)C(O[Si](C)(C)C)C(OC(=O)Cc3c[nH]c4ccccc34)C(O[Si](C)(C)C)C2O[Si](C)(C)C)C(O[Si](C)(C)C)C1O[Si](C)(C)C. The van der Waals surface area contributed by atoms with Gasteiger partial charge in [-0.3, -0.25) is 4.79 Å². The molecule has 0 amide bonds. The highest BCUT2D eigenvalue weighted by atomic mass is 28.4. The molecule has 0 spiro atoms. The molecule has 61 heavy (non-hydrogen) atoms. The molecule has 0 bridgehead atoms. The monoisotopic (exact) mass is 973 g/mol. The van der Waals surface area contributed by atoms with E-state index in [1.807, 2.05) is 30.5 Å². The highest BCUT2D eigenvalue weighted by Gasteiger charge is 2.60. The second kappa shape index (κ2) is 19.7. The van der Waals surface area contributed by atoms with Crippen LogP contribution in [0.5, 0.6) is 0 Å². The molecule has 2 aromatic rings. The van der Waals surface area contributed by atoms with Crippen molar-refractivity contribution in [3.63, 3.8) is 0 Å². The smallest absolute Gasteiger partial charge is 0.310 e. The minimum atomic E-state index is -2.38. The topological polar surface area (TPSA) is 125 Å². The summed E-state index contributed by atoms with van der Waals surface area (Å²) in [5.41, 5.74) is 1.83. The Balaban J connectivity index is 1.93. The Hall–Kier alpha value is -0.612. The number of para-hydroxylation sites is 1. The molecule has 19 heteroatoms. The molecule has 1 N–H and O–H groups in total. The average molecular weight is 975 g/mol. The summed E-state index contributed by atoms with van der Waals surface area (Å²) in [6, 6.07) is 7.98. The number of aromatic nitrogens is 1. The van der Waals surface area contributed by atoms with Gasteiger partial charge in [0.1, 0.15) is 42.7 Å². The molecule has 1 aliphatic carbocycles. The van der Waals surface area contributed by atoms with Gasteiger partial charge in [0.25, 0.3) is 0 Å². The summed E-state index contributed by atoms with van der Waals surface area (Å²) < 4.78 is 71.1. The number of carbonyl (C=O) groups excluding carboxylic acids is 1. The second-order valence-corrected chi connectivity index (χ2v) is 55.0. The van der Waals surface area contributed by atoms with Crippen molar-refractivity contribution in [1.29, 1.82) is 0 Å². The van der Waals surface area contributed by atoms with Crippen molar-refractivity contribution >= 4 is 75.1 Å². The Morgan fingerprint density at radius 2 is 0.918 bits per heavy atom. The van der Waals surface area contributed by atoms with E-state index in [-0.39, 0.29) is 25.1 Å². The summed E-state index contributed by atoms with van der Waals surface area (Å²) in [5.74, 6) is -0.375. The van der Waals surface area contributed by atoms with Gasteiger partial charge < -0.3 is 50.2 Å². The van der Waals surface area contributed by atoms with Gasteiger partial charge in [0.2, 0.25) is 0 Å². The maximum Gasteiger partial charge on any atom is 0.310 e. The van der Waals surface area contributed by atoms with Crippen molar-refractivity contribution in [1.82, 2.24) is 4.98 Å². The van der Waals surface area contributed by atoms with Crippen molar-refractivity contribution < 1.29 is 50.0 Å². The van der Waals surface area contributed by atoms with E-state index in [0.29, 0.717) is 0 Å². The number of aromatic amines is 1. The van der Waals surface area contributed by atoms with E-state index in [1.54, 1.807) is 0 Å². The largest absolute Gasteiger partial charge is 0.456 e. The zero-order chi connectivity index (χ0) is 46.3. The van der Waals surface area contributed by atoms with Crippen LogP contribution in [0.25, 0.3) is 10.9 Å². The average Bonchev–Trinajstić information content (AvgIpc) is 3.43. The molecule has 350 valence electrons. The molecule has 2 fully saturated rings.